The first kappa shape index (κ1) is 12.6. The van der Waals surface area contributed by atoms with Crippen LogP contribution in [0.4, 0.5) is 17.1 Å². The predicted molar refractivity (Wildman–Crippen MR) is 77.0 cm³/mol. The van der Waals surface area contributed by atoms with Gasteiger partial charge in [0.25, 0.3) is 5.69 Å². The topological polar surface area (TPSA) is 55.2 Å². The summed E-state index contributed by atoms with van der Waals surface area (Å²) in [5, 5.41) is 14.8. The van der Waals surface area contributed by atoms with Gasteiger partial charge in [0.15, 0.2) is 0 Å². The van der Waals surface area contributed by atoms with Gasteiger partial charge >= 0.3 is 0 Å². The van der Waals surface area contributed by atoms with E-state index in [0.29, 0.717) is 10.0 Å². The quantitative estimate of drug-likeness (QED) is 0.501. The monoisotopic (exact) mass is 312 g/mol. The Bertz CT molecular complexity index is 706. The molecular formula is C12H6Cl2N2O2S. The third-order valence-electron chi connectivity index (χ3n) is 2.71. The minimum absolute atomic E-state index is 0.0663. The number of nitrogens with zero attached hydrogens (tertiary/aromatic N) is 1. The zero-order valence-corrected chi connectivity index (χ0v) is 11.6. The lowest BCUT2D eigenvalue weighted by Gasteiger charge is -2.21. The molecule has 0 saturated carbocycles. The van der Waals surface area contributed by atoms with Crippen LogP contribution in [0.1, 0.15) is 0 Å². The highest BCUT2D eigenvalue weighted by Crippen LogP contribution is 2.49. The molecule has 1 heterocycles. The molecule has 0 fully saturated rings. The molecule has 2 aromatic rings. The molecule has 0 amide bonds. The summed E-state index contributed by atoms with van der Waals surface area (Å²) in [6, 6.07) is 8.21. The molecule has 1 aliphatic heterocycles. The van der Waals surface area contributed by atoms with E-state index in [-0.39, 0.29) is 5.69 Å². The summed E-state index contributed by atoms with van der Waals surface area (Å²) >= 11 is 13.5. The van der Waals surface area contributed by atoms with Crippen LogP contribution in [0.25, 0.3) is 0 Å². The van der Waals surface area contributed by atoms with Gasteiger partial charge in [0.2, 0.25) is 0 Å². The molecule has 0 spiro atoms. The Morgan fingerprint density at radius 1 is 1.16 bits per heavy atom. The van der Waals surface area contributed by atoms with Crippen LogP contribution in [0.3, 0.4) is 0 Å². The fourth-order valence-corrected chi connectivity index (χ4v) is 3.26. The average Bonchev–Trinajstić information content (AvgIpc) is 2.41. The van der Waals surface area contributed by atoms with E-state index in [2.05, 4.69) is 5.32 Å². The molecule has 0 bridgehead atoms. The second-order valence-corrected chi connectivity index (χ2v) is 5.77. The van der Waals surface area contributed by atoms with E-state index in [1.807, 2.05) is 6.07 Å². The number of hydrogen-bond acceptors (Lipinski definition) is 4. The maximum atomic E-state index is 10.8. The molecule has 1 aliphatic rings. The van der Waals surface area contributed by atoms with Crippen molar-refractivity contribution in [2.45, 2.75) is 9.79 Å². The van der Waals surface area contributed by atoms with Crippen LogP contribution < -0.4 is 5.32 Å². The number of nitrogens with one attached hydrogen (secondary N) is 1. The molecule has 0 atom stereocenters. The number of rotatable bonds is 1. The maximum Gasteiger partial charge on any atom is 0.270 e. The normalized spacial score (nSPS) is 12.3. The van der Waals surface area contributed by atoms with Crippen LogP contribution in [-0.2, 0) is 0 Å². The van der Waals surface area contributed by atoms with Crippen LogP contribution in [0.5, 0.6) is 0 Å². The lowest BCUT2D eigenvalue weighted by molar-refractivity contribution is -0.385. The van der Waals surface area contributed by atoms with Crippen LogP contribution in [0.2, 0.25) is 10.0 Å². The van der Waals surface area contributed by atoms with Crippen LogP contribution in [0, 0.1) is 10.1 Å². The lowest BCUT2D eigenvalue weighted by atomic mass is 10.2. The summed E-state index contributed by atoms with van der Waals surface area (Å²) in [5.74, 6) is 0. The van der Waals surface area contributed by atoms with Gasteiger partial charge in [-0.1, -0.05) is 35.0 Å². The summed E-state index contributed by atoms with van der Waals surface area (Å²) in [6.45, 7) is 0. The fraction of sp³-hybridized carbons (Fsp3) is 0. The Labute approximate surface area is 122 Å². The van der Waals surface area contributed by atoms with Crippen LogP contribution >= 0.6 is 35.0 Å². The molecule has 0 unspecified atom stereocenters. The summed E-state index contributed by atoms with van der Waals surface area (Å²) < 4.78 is 0. The lowest BCUT2D eigenvalue weighted by Crippen LogP contribution is -2.01. The van der Waals surface area contributed by atoms with Gasteiger partial charge in [-0.15, -0.1) is 0 Å². The third-order valence-corrected chi connectivity index (χ3v) is 4.63. The molecule has 0 aromatic heterocycles. The number of halogens is 2. The molecule has 0 radical (unpaired) electrons. The van der Waals surface area contributed by atoms with Crippen molar-refractivity contribution < 1.29 is 4.92 Å². The molecule has 0 saturated heterocycles. The van der Waals surface area contributed by atoms with Crippen molar-refractivity contribution in [1.82, 2.24) is 0 Å². The van der Waals surface area contributed by atoms with Crippen molar-refractivity contribution in [2.75, 3.05) is 5.32 Å². The van der Waals surface area contributed by atoms with E-state index < -0.39 is 4.92 Å². The summed E-state index contributed by atoms with van der Waals surface area (Å²) in [5.41, 5.74) is 1.59. The zero-order valence-electron chi connectivity index (χ0n) is 9.31. The summed E-state index contributed by atoms with van der Waals surface area (Å²) in [6.07, 6.45) is 0. The molecule has 3 rings (SSSR count). The van der Waals surface area contributed by atoms with E-state index >= 15 is 0 Å². The second kappa shape index (κ2) is 4.59. The number of benzene rings is 2. The summed E-state index contributed by atoms with van der Waals surface area (Å²) in [4.78, 5) is 12.0. The molecule has 96 valence electrons. The van der Waals surface area contributed by atoms with E-state index in [1.165, 1.54) is 17.8 Å². The first-order chi connectivity index (χ1) is 9.06. The number of nitro benzene ring substituents is 1. The standard InChI is InChI=1S/C12H6Cl2N2O2S/c13-7-2-4-9-12(11(7)14)15-8-3-1-6(16(17)18)5-10(8)19-9/h1-5,15H. The maximum absolute atomic E-state index is 10.8. The van der Waals surface area contributed by atoms with Gasteiger partial charge in [-0.3, -0.25) is 10.1 Å². The molecule has 19 heavy (non-hydrogen) atoms. The van der Waals surface area contributed by atoms with Gasteiger partial charge in [-0.2, -0.15) is 0 Å². The van der Waals surface area contributed by atoms with Crippen molar-refractivity contribution in [3.05, 3.63) is 50.5 Å². The van der Waals surface area contributed by atoms with Crippen molar-refractivity contribution in [2.24, 2.45) is 0 Å². The van der Waals surface area contributed by atoms with Crippen molar-refractivity contribution in [3.8, 4) is 0 Å². The van der Waals surface area contributed by atoms with Crippen molar-refractivity contribution in [3.63, 3.8) is 0 Å². The van der Waals surface area contributed by atoms with Gasteiger partial charge in [-0.25, -0.2) is 0 Å². The Hall–Kier alpha value is -1.43. The van der Waals surface area contributed by atoms with E-state index in [1.54, 1.807) is 18.2 Å². The number of fused-ring (bicyclic) bond motifs is 2. The van der Waals surface area contributed by atoms with Crippen LogP contribution in [-0.4, -0.2) is 4.92 Å². The summed E-state index contributed by atoms with van der Waals surface area (Å²) in [7, 11) is 0. The largest absolute Gasteiger partial charge is 0.352 e. The number of hydrogen-bond donors (Lipinski definition) is 1. The fourth-order valence-electron chi connectivity index (χ4n) is 1.80. The third kappa shape index (κ3) is 2.14. The number of nitro groups is 1. The molecule has 0 aliphatic carbocycles. The van der Waals surface area contributed by atoms with Gasteiger partial charge in [0.05, 0.1) is 26.3 Å². The van der Waals surface area contributed by atoms with Crippen molar-refractivity contribution >= 4 is 52.0 Å². The first-order valence-corrected chi connectivity index (χ1v) is 6.85. The Morgan fingerprint density at radius 3 is 2.68 bits per heavy atom. The number of anilines is 2. The first-order valence-electron chi connectivity index (χ1n) is 5.27. The van der Waals surface area contributed by atoms with Gasteiger partial charge in [-0.05, 0) is 18.2 Å². The molecular weight excluding hydrogens is 307 g/mol. The van der Waals surface area contributed by atoms with Crippen molar-refractivity contribution in [1.29, 1.82) is 0 Å². The highest BCUT2D eigenvalue weighted by atomic mass is 35.5. The highest BCUT2D eigenvalue weighted by Gasteiger charge is 2.21. The number of non-ortho nitro benzene ring substituents is 1. The van der Waals surface area contributed by atoms with Crippen LogP contribution in [0.15, 0.2) is 40.1 Å². The second-order valence-electron chi connectivity index (χ2n) is 3.90. The highest BCUT2D eigenvalue weighted by molar-refractivity contribution is 7.99. The Balaban J connectivity index is 2.09. The van der Waals surface area contributed by atoms with E-state index in [0.717, 1.165) is 21.2 Å². The minimum atomic E-state index is -0.412. The minimum Gasteiger partial charge on any atom is -0.352 e. The Kier molecular flexibility index (Phi) is 3.05. The van der Waals surface area contributed by atoms with E-state index in [9.17, 15) is 10.1 Å². The van der Waals surface area contributed by atoms with Gasteiger partial charge in [0, 0.05) is 21.9 Å². The molecule has 7 heteroatoms. The smallest absolute Gasteiger partial charge is 0.270 e. The molecule has 4 nitrogen and oxygen atoms in total. The SMILES string of the molecule is O=[N+]([O-])c1ccc2c(c1)Sc1ccc(Cl)c(Cl)c1N2. The predicted octanol–water partition coefficient (Wildman–Crippen LogP) is 5.11. The van der Waals surface area contributed by atoms with Gasteiger partial charge < -0.3 is 5.32 Å². The Morgan fingerprint density at radius 2 is 1.95 bits per heavy atom. The van der Waals surface area contributed by atoms with E-state index in [4.69, 9.17) is 23.2 Å². The average molecular weight is 313 g/mol. The van der Waals surface area contributed by atoms with Gasteiger partial charge in [0.1, 0.15) is 0 Å². The zero-order chi connectivity index (χ0) is 13.6. The molecule has 1 N–H and O–H groups in total. The molecule has 2 aromatic carbocycles.